The maximum absolute atomic E-state index is 4.78. The van der Waals surface area contributed by atoms with Gasteiger partial charge >= 0.3 is 0 Å². The number of para-hydroxylation sites is 3. The molecule has 5 heteroatoms. The summed E-state index contributed by atoms with van der Waals surface area (Å²) in [5.41, 5.74) is 11.1. The predicted molar refractivity (Wildman–Crippen MR) is 207 cm³/mol. The molecule has 0 atom stereocenters. The standard InChI is InChI=1S/C44H26N4S/c1-6-16-38-29(10-1)30-11-2-7-17-39(30)48(38)41-22-20-33-32-13-4-8-18-42(32)49-44(33)43(41)27-19-21-40-34(24-27)31-12-3-5-15-37(31)47(40)28-25-36-35(46-26-28)14-9-23-45-36/h1-26H. The second-order valence-electron chi connectivity index (χ2n) is 12.6. The van der Waals surface area contributed by atoms with Crippen LogP contribution in [0, 0.1) is 0 Å². The summed E-state index contributed by atoms with van der Waals surface area (Å²) < 4.78 is 7.38. The molecule has 6 aromatic carbocycles. The van der Waals surface area contributed by atoms with Crippen molar-refractivity contribution in [3.8, 4) is 22.5 Å². The molecule has 0 saturated heterocycles. The highest BCUT2D eigenvalue weighted by atomic mass is 32.1. The second kappa shape index (κ2) is 10.1. The molecule has 11 aromatic rings. The first-order valence-corrected chi connectivity index (χ1v) is 17.3. The SMILES string of the molecule is c1cnc2cc(-n3c4ccccc4c4cc(-c5c(-n6c7ccccc7c7ccccc76)ccc6c5sc5ccccc56)ccc43)cnc2c1. The molecular weight excluding hydrogens is 617 g/mol. The molecule has 0 aliphatic heterocycles. The monoisotopic (exact) mass is 642 g/mol. The second-order valence-corrected chi connectivity index (χ2v) is 13.7. The highest BCUT2D eigenvalue weighted by Crippen LogP contribution is 2.46. The molecule has 0 radical (unpaired) electrons. The van der Waals surface area contributed by atoms with Crippen molar-refractivity contribution in [1.82, 2.24) is 19.1 Å². The number of aromatic nitrogens is 4. The average Bonchev–Trinajstić information content (AvgIpc) is 3.82. The first-order chi connectivity index (χ1) is 24.3. The molecule has 0 spiro atoms. The predicted octanol–water partition coefficient (Wildman–Crippen LogP) is 11.9. The molecule has 0 N–H and O–H groups in total. The zero-order valence-electron chi connectivity index (χ0n) is 26.2. The molecular formula is C44H26N4S. The first kappa shape index (κ1) is 26.7. The zero-order chi connectivity index (χ0) is 32.1. The molecule has 0 bridgehead atoms. The Kier molecular flexibility index (Phi) is 5.51. The Morgan fingerprint density at radius 1 is 0.449 bits per heavy atom. The highest BCUT2D eigenvalue weighted by molar-refractivity contribution is 7.26. The third-order valence-corrected chi connectivity index (χ3v) is 11.2. The van der Waals surface area contributed by atoms with Crippen molar-refractivity contribution in [2.45, 2.75) is 0 Å². The van der Waals surface area contributed by atoms with Gasteiger partial charge in [-0.1, -0.05) is 84.9 Å². The number of thiophene rings is 1. The molecule has 5 heterocycles. The van der Waals surface area contributed by atoms with Crippen LogP contribution in [-0.2, 0) is 0 Å². The third-order valence-electron chi connectivity index (χ3n) is 10.0. The van der Waals surface area contributed by atoms with Crippen molar-refractivity contribution in [3.63, 3.8) is 0 Å². The Morgan fingerprint density at radius 2 is 1.10 bits per heavy atom. The van der Waals surface area contributed by atoms with Gasteiger partial charge in [0, 0.05) is 53.5 Å². The van der Waals surface area contributed by atoms with Gasteiger partial charge in [-0.2, -0.15) is 0 Å². The van der Waals surface area contributed by atoms with Crippen molar-refractivity contribution in [1.29, 1.82) is 0 Å². The van der Waals surface area contributed by atoms with E-state index < -0.39 is 0 Å². The Balaban J connectivity index is 1.25. The number of hydrogen-bond donors (Lipinski definition) is 0. The Labute approximate surface area is 284 Å². The maximum atomic E-state index is 4.78. The van der Waals surface area contributed by atoms with Crippen LogP contribution in [0.2, 0.25) is 0 Å². The number of benzene rings is 6. The van der Waals surface area contributed by atoms with Crippen LogP contribution in [0.3, 0.4) is 0 Å². The molecule has 49 heavy (non-hydrogen) atoms. The molecule has 0 saturated carbocycles. The van der Waals surface area contributed by atoms with E-state index in [0.29, 0.717) is 0 Å². The summed E-state index contributed by atoms with van der Waals surface area (Å²) in [6.07, 6.45) is 3.79. The van der Waals surface area contributed by atoms with Gasteiger partial charge in [0.05, 0.1) is 50.7 Å². The quantitative estimate of drug-likeness (QED) is 0.192. The fourth-order valence-electron chi connectivity index (χ4n) is 7.90. The molecule has 0 fully saturated rings. The highest BCUT2D eigenvalue weighted by Gasteiger charge is 2.21. The van der Waals surface area contributed by atoms with Gasteiger partial charge in [0.2, 0.25) is 0 Å². The number of hydrogen-bond acceptors (Lipinski definition) is 3. The van der Waals surface area contributed by atoms with Gasteiger partial charge in [-0.25, -0.2) is 0 Å². The molecule has 5 aromatic heterocycles. The maximum Gasteiger partial charge on any atom is 0.0907 e. The average molecular weight is 643 g/mol. The van der Waals surface area contributed by atoms with Crippen molar-refractivity contribution in [2.75, 3.05) is 0 Å². The normalized spacial score (nSPS) is 12.1. The summed E-state index contributed by atoms with van der Waals surface area (Å²) in [7, 11) is 0. The lowest BCUT2D eigenvalue weighted by molar-refractivity contribution is 1.15. The van der Waals surface area contributed by atoms with Crippen LogP contribution in [0.25, 0.3) is 97.3 Å². The van der Waals surface area contributed by atoms with Gasteiger partial charge in [-0.05, 0) is 66.2 Å². The van der Waals surface area contributed by atoms with Crippen LogP contribution in [0.1, 0.15) is 0 Å². The van der Waals surface area contributed by atoms with E-state index in [1.165, 1.54) is 69.6 Å². The summed E-state index contributed by atoms with van der Waals surface area (Å²) in [4.78, 5) is 9.39. The molecule has 11 rings (SSSR count). The molecule has 0 unspecified atom stereocenters. The Hall–Kier alpha value is -6.30. The van der Waals surface area contributed by atoms with Gasteiger partial charge in [0.25, 0.3) is 0 Å². The molecule has 0 aliphatic rings. The van der Waals surface area contributed by atoms with Gasteiger partial charge in [-0.15, -0.1) is 11.3 Å². The van der Waals surface area contributed by atoms with E-state index in [4.69, 9.17) is 4.98 Å². The van der Waals surface area contributed by atoms with Gasteiger partial charge in [0.15, 0.2) is 0 Å². The van der Waals surface area contributed by atoms with E-state index in [1.807, 2.05) is 35.9 Å². The summed E-state index contributed by atoms with van der Waals surface area (Å²) in [6.45, 7) is 0. The largest absolute Gasteiger partial charge is 0.309 e. The lowest BCUT2D eigenvalue weighted by Crippen LogP contribution is -1.98. The topological polar surface area (TPSA) is 35.6 Å². The van der Waals surface area contributed by atoms with Crippen molar-refractivity contribution < 1.29 is 0 Å². The number of fused-ring (bicyclic) bond motifs is 10. The van der Waals surface area contributed by atoms with Crippen molar-refractivity contribution >= 4 is 86.2 Å². The summed E-state index contributed by atoms with van der Waals surface area (Å²) in [5.74, 6) is 0. The van der Waals surface area contributed by atoms with E-state index in [2.05, 4.69) is 148 Å². The third kappa shape index (κ3) is 3.79. The van der Waals surface area contributed by atoms with Crippen molar-refractivity contribution in [3.05, 3.63) is 158 Å². The minimum atomic E-state index is 0.884. The minimum Gasteiger partial charge on any atom is -0.309 e. The van der Waals surface area contributed by atoms with E-state index in [9.17, 15) is 0 Å². The molecule has 0 aliphatic carbocycles. The minimum absolute atomic E-state index is 0.884. The fraction of sp³-hybridized carbons (Fsp3) is 0. The lowest BCUT2D eigenvalue weighted by Gasteiger charge is -2.16. The lowest BCUT2D eigenvalue weighted by atomic mass is 9.98. The summed E-state index contributed by atoms with van der Waals surface area (Å²) in [5, 5.41) is 7.53. The van der Waals surface area contributed by atoms with E-state index in [1.54, 1.807) is 0 Å². The fourth-order valence-corrected chi connectivity index (χ4v) is 9.16. The number of nitrogens with zero attached hydrogens (tertiary/aromatic N) is 4. The zero-order valence-corrected chi connectivity index (χ0v) is 27.0. The Bertz CT molecular complexity index is 3070. The molecule has 228 valence electrons. The smallest absolute Gasteiger partial charge is 0.0907 e. The first-order valence-electron chi connectivity index (χ1n) is 16.5. The number of pyridine rings is 2. The van der Waals surface area contributed by atoms with Crippen LogP contribution in [0.5, 0.6) is 0 Å². The Morgan fingerprint density at radius 3 is 1.88 bits per heavy atom. The number of rotatable bonds is 3. The van der Waals surface area contributed by atoms with Crippen LogP contribution in [-0.4, -0.2) is 19.1 Å². The molecule has 0 amide bonds. The molecule has 4 nitrogen and oxygen atoms in total. The van der Waals surface area contributed by atoms with Gasteiger partial charge in [0.1, 0.15) is 0 Å². The van der Waals surface area contributed by atoms with E-state index >= 15 is 0 Å². The van der Waals surface area contributed by atoms with Gasteiger partial charge < -0.3 is 9.13 Å². The van der Waals surface area contributed by atoms with Crippen LogP contribution < -0.4 is 0 Å². The summed E-state index contributed by atoms with van der Waals surface area (Å²) in [6, 6.07) is 52.7. The van der Waals surface area contributed by atoms with Gasteiger partial charge in [-0.3, -0.25) is 9.97 Å². The summed E-state index contributed by atoms with van der Waals surface area (Å²) >= 11 is 1.88. The van der Waals surface area contributed by atoms with E-state index in [0.717, 1.165) is 27.8 Å². The van der Waals surface area contributed by atoms with E-state index in [-0.39, 0.29) is 0 Å². The van der Waals surface area contributed by atoms with Crippen LogP contribution in [0.4, 0.5) is 0 Å². The van der Waals surface area contributed by atoms with Crippen LogP contribution in [0.15, 0.2) is 158 Å². The van der Waals surface area contributed by atoms with Crippen LogP contribution >= 0.6 is 11.3 Å². The van der Waals surface area contributed by atoms with Crippen molar-refractivity contribution in [2.24, 2.45) is 0 Å².